The molecule has 3 rings (SSSR count). The molecule has 1 N–H and O–H groups in total. The molecule has 1 aromatic heterocycles. The number of hydrogen-bond acceptors (Lipinski definition) is 5. The van der Waals surface area contributed by atoms with Crippen LogP contribution in [-0.2, 0) is 18.3 Å². The molecule has 2 fully saturated rings. The molecule has 0 spiro atoms. The van der Waals surface area contributed by atoms with E-state index in [9.17, 15) is 0 Å². The Labute approximate surface area is 163 Å². The third-order valence-electron chi connectivity index (χ3n) is 6.51. The number of likely N-dealkylation sites (tertiary alicyclic amines) is 1. The van der Waals surface area contributed by atoms with Crippen molar-refractivity contribution >= 4 is 5.96 Å². The first-order valence-corrected chi connectivity index (χ1v) is 9.93. The Balaban J connectivity index is 1.67. The summed E-state index contributed by atoms with van der Waals surface area (Å²) in [6.07, 6.45) is 0. The number of hydrogen-bond donors (Lipinski definition) is 1. The molecule has 0 atom stereocenters. The van der Waals surface area contributed by atoms with Gasteiger partial charge in [0.2, 0.25) is 0 Å². The van der Waals surface area contributed by atoms with Crippen LogP contribution in [0.5, 0.6) is 0 Å². The number of guanidine groups is 1. The summed E-state index contributed by atoms with van der Waals surface area (Å²) in [5.41, 5.74) is 0.328. The summed E-state index contributed by atoms with van der Waals surface area (Å²) >= 11 is 0. The fraction of sp³-hybridized carbons (Fsp3) is 0.842. The highest BCUT2D eigenvalue weighted by Crippen LogP contribution is 2.46. The summed E-state index contributed by atoms with van der Waals surface area (Å²) in [6.45, 7) is 18.3. The van der Waals surface area contributed by atoms with Gasteiger partial charge in [-0.15, -0.1) is 10.2 Å². The summed E-state index contributed by atoms with van der Waals surface area (Å²) in [7, 11) is 1.99. The van der Waals surface area contributed by atoms with Gasteiger partial charge < -0.3 is 19.5 Å². The number of aliphatic imine (C=N–C) groups is 1. The maximum atomic E-state index is 5.43. The van der Waals surface area contributed by atoms with E-state index in [0.717, 1.165) is 63.5 Å². The van der Waals surface area contributed by atoms with E-state index in [1.165, 1.54) is 0 Å². The van der Waals surface area contributed by atoms with E-state index in [0.29, 0.717) is 6.54 Å². The molecule has 2 aliphatic rings. The van der Waals surface area contributed by atoms with E-state index in [1.807, 2.05) is 18.5 Å². The van der Waals surface area contributed by atoms with Crippen molar-refractivity contribution in [1.29, 1.82) is 0 Å². The molecular weight excluding hydrogens is 342 g/mol. The van der Waals surface area contributed by atoms with Crippen molar-refractivity contribution in [2.24, 2.45) is 17.5 Å². The van der Waals surface area contributed by atoms with Crippen LogP contribution in [0.25, 0.3) is 0 Å². The summed E-state index contributed by atoms with van der Waals surface area (Å²) in [5.74, 6) is 2.76. The van der Waals surface area contributed by atoms with Gasteiger partial charge in [-0.25, -0.2) is 4.99 Å². The monoisotopic (exact) mass is 377 g/mol. The predicted octanol–water partition coefficient (Wildman–Crippen LogP) is 1.02. The van der Waals surface area contributed by atoms with Crippen LogP contribution in [0.2, 0.25) is 0 Å². The molecule has 0 unspecified atom stereocenters. The maximum absolute atomic E-state index is 5.43. The van der Waals surface area contributed by atoms with Crippen LogP contribution in [0.4, 0.5) is 0 Å². The highest BCUT2D eigenvalue weighted by Gasteiger charge is 2.53. The number of aromatic nitrogens is 3. The van der Waals surface area contributed by atoms with Crippen molar-refractivity contribution in [3.05, 3.63) is 11.6 Å². The van der Waals surface area contributed by atoms with Gasteiger partial charge in [0.1, 0.15) is 12.4 Å². The third-order valence-corrected chi connectivity index (χ3v) is 6.51. The van der Waals surface area contributed by atoms with E-state index in [4.69, 9.17) is 9.73 Å². The van der Waals surface area contributed by atoms with E-state index < -0.39 is 0 Å². The van der Waals surface area contributed by atoms with Gasteiger partial charge >= 0.3 is 0 Å². The Bertz CT molecular complexity index is 674. The van der Waals surface area contributed by atoms with Gasteiger partial charge in [-0.3, -0.25) is 4.90 Å². The second kappa shape index (κ2) is 7.75. The molecule has 0 radical (unpaired) electrons. The summed E-state index contributed by atoms with van der Waals surface area (Å²) in [5, 5.41) is 12.0. The minimum Gasteiger partial charge on any atom is -0.379 e. The zero-order chi connectivity index (χ0) is 19.7. The van der Waals surface area contributed by atoms with Gasteiger partial charge in [0.05, 0.1) is 13.2 Å². The number of morpholine rings is 1. The van der Waals surface area contributed by atoms with Gasteiger partial charge in [0, 0.05) is 50.7 Å². The summed E-state index contributed by atoms with van der Waals surface area (Å²) < 4.78 is 7.43. The minimum atomic E-state index is 0.0631. The van der Waals surface area contributed by atoms with Crippen LogP contribution in [-0.4, -0.2) is 82.0 Å². The average molecular weight is 378 g/mol. The van der Waals surface area contributed by atoms with E-state index in [2.05, 4.69) is 53.0 Å². The lowest BCUT2D eigenvalue weighted by Gasteiger charge is -2.62. The molecule has 3 heterocycles. The van der Waals surface area contributed by atoms with Gasteiger partial charge in [-0.2, -0.15) is 0 Å². The van der Waals surface area contributed by atoms with Crippen molar-refractivity contribution in [1.82, 2.24) is 29.9 Å². The number of rotatable bonds is 5. The molecule has 0 saturated carbocycles. The van der Waals surface area contributed by atoms with Crippen molar-refractivity contribution in [3.63, 3.8) is 0 Å². The molecule has 1 aromatic rings. The van der Waals surface area contributed by atoms with Gasteiger partial charge in [-0.05, 0) is 20.8 Å². The number of ether oxygens (including phenoxy) is 1. The van der Waals surface area contributed by atoms with Crippen LogP contribution >= 0.6 is 0 Å². The number of nitrogens with one attached hydrogen (secondary N) is 1. The van der Waals surface area contributed by atoms with Crippen LogP contribution in [0, 0.1) is 12.3 Å². The van der Waals surface area contributed by atoms with Crippen molar-refractivity contribution < 1.29 is 4.74 Å². The van der Waals surface area contributed by atoms with E-state index in [-0.39, 0.29) is 11.0 Å². The predicted molar refractivity (Wildman–Crippen MR) is 107 cm³/mol. The zero-order valence-corrected chi connectivity index (χ0v) is 17.7. The van der Waals surface area contributed by atoms with Crippen LogP contribution in [0.1, 0.15) is 39.3 Å². The molecule has 0 bridgehead atoms. The standard InChI is InChI=1S/C19H35N7O/c1-15-22-23-16(24(15)6)13-21-17(26-14-18(2,3)19(26,4)5)20-7-8-25-9-11-27-12-10-25/h7-14H2,1-6H3,(H,20,21). The Morgan fingerprint density at radius 1 is 1.19 bits per heavy atom. The quantitative estimate of drug-likeness (QED) is 0.610. The minimum absolute atomic E-state index is 0.0631. The first kappa shape index (κ1) is 20.1. The largest absolute Gasteiger partial charge is 0.379 e. The molecule has 8 nitrogen and oxygen atoms in total. The fourth-order valence-corrected chi connectivity index (χ4v) is 3.52. The second-order valence-corrected chi connectivity index (χ2v) is 8.77. The highest BCUT2D eigenvalue weighted by molar-refractivity contribution is 5.82. The van der Waals surface area contributed by atoms with Crippen LogP contribution < -0.4 is 5.32 Å². The molecule has 2 saturated heterocycles. The molecule has 0 amide bonds. The highest BCUT2D eigenvalue weighted by atomic mass is 16.5. The molecule has 27 heavy (non-hydrogen) atoms. The SMILES string of the molecule is Cc1nnc(CN=C(NCCN2CCOCC2)N2CC(C)(C)C2(C)C)n1C. The zero-order valence-electron chi connectivity index (χ0n) is 17.7. The topological polar surface area (TPSA) is 70.8 Å². The fourth-order valence-electron chi connectivity index (χ4n) is 3.52. The Hall–Kier alpha value is -1.67. The molecule has 152 valence electrons. The molecule has 2 aliphatic heterocycles. The smallest absolute Gasteiger partial charge is 0.194 e. The van der Waals surface area contributed by atoms with Gasteiger partial charge in [0.25, 0.3) is 0 Å². The first-order valence-electron chi connectivity index (χ1n) is 9.93. The van der Waals surface area contributed by atoms with Crippen molar-refractivity contribution in [2.75, 3.05) is 45.9 Å². The average Bonchev–Trinajstić information content (AvgIpc) is 2.96. The number of nitrogens with zero attached hydrogens (tertiary/aromatic N) is 6. The molecule has 8 heteroatoms. The van der Waals surface area contributed by atoms with E-state index in [1.54, 1.807) is 0 Å². The normalized spacial score (nSPS) is 22.6. The van der Waals surface area contributed by atoms with Gasteiger partial charge in [0.15, 0.2) is 11.8 Å². The van der Waals surface area contributed by atoms with E-state index >= 15 is 0 Å². The molecular formula is C19H35N7O. The Kier molecular flexibility index (Phi) is 5.76. The molecule has 0 aromatic carbocycles. The summed E-state index contributed by atoms with van der Waals surface area (Å²) in [4.78, 5) is 9.72. The number of aryl methyl sites for hydroxylation is 1. The maximum Gasteiger partial charge on any atom is 0.194 e. The lowest BCUT2D eigenvalue weighted by Crippen LogP contribution is -2.72. The van der Waals surface area contributed by atoms with Crippen LogP contribution in [0.15, 0.2) is 4.99 Å². The van der Waals surface area contributed by atoms with Crippen molar-refractivity contribution in [2.45, 2.75) is 46.7 Å². The van der Waals surface area contributed by atoms with Crippen molar-refractivity contribution in [3.8, 4) is 0 Å². The van der Waals surface area contributed by atoms with Gasteiger partial charge in [-0.1, -0.05) is 13.8 Å². The molecule has 0 aliphatic carbocycles. The third kappa shape index (κ3) is 4.11. The van der Waals surface area contributed by atoms with Crippen LogP contribution in [0.3, 0.4) is 0 Å². The lowest BCUT2D eigenvalue weighted by molar-refractivity contribution is -0.0669. The lowest BCUT2D eigenvalue weighted by atomic mass is 9.65. The Morgan fingerprint density at radius 2 is 1.89 bits per heavy atom. The first-order chi connectivity index (χ1) is 12.7. The summed E-state index contributed by atoms with van der Waals surface area (Å²) in [6, 6.07) is 0. The second-order valence-electron chi connectivity index (χ2n) is 8.77. The Morgan fingerprint density at radius 3 is 2.44 bits per heavy atom.